The monoisotopic (exact) mass is 415 g/mol. The lowest BCUT2D eigenvalue weighted by Gasteiger charge is -2.29. The second-order valence-electron chi connectivity index (χ2n) is 7.54. The summed E-state index contributed by atoms with van der Waals surface area (Å²) in [4.78, 5) is 15.1. The second kappa shape index (κ2) is 9.44. The Bertz CT molecular complexity index is 938. The minimum atomic E-state index is -3.10. The molecule has 2 aromatic rings. The quantitative estimate of drug-likeness (QED) is 0.657. The molecule has 0 N–H and O–H groups in total. The Kier molecular flexibility index (Phi) is 6.96. The summed E-state index contributed by atoms with van der Waals surface area (Å²) >= 11 is 0. The van der Waals surface area contributed by atoms with Gasteiger partial charge < -0.3 is 9.64 Å². The van der Waals surface area contributed by atoms with E-state index in [0.717, 1.165) is 18.4 Å². The number of sulfone groups is 1. The fraction of sp³-hybridized carbons (Fsp3) is 0.435. The highest BCUT2D eigenvalue weighted by Crippen LogP contribution is 2.24. The number of carbonyl (C=O) groups is 1. The highest BCUT2D eigenvalue weighted by Gasteiger charge is 2.35. The summed E-state index contributed by atoms with van der Waals surface area (Å²) in [6.07, 6.45) is 2.32. The number of nitrogens with zero attached hydrogens (tertiary/aromatic N) is 1. The van der Waals surface area contributed by atoms with E-state index in [1.807, 2.05) is 25.1 Å². The summed E-state index contributed by atoms with van der Waals surface area (Å²) < 4.78 is 29.8. The molecule has 0 radical (unpaired) electrons. The van der Waals surface area contributed by atoms with Crippen LogP contribution in [0.1, 0.15) is 48.2 Å². The van der Waals surface area contributed by atoms with Crippen LogP contribution >= 0.6 is 0 Å². The predicted octanol–water partition coefficient (Wildman–Crippen LogP) is 3.87. The Morgan fingerprint density at radius 1 is 1.10 bits per heavy atom. The molecule has 1 aliphatic heterocycles. The van der Waals surface area contributed by atoms with Crippen LogP contribution in [-0.2, 0) is 22.8 Å². The van der Waals surface area contributed by atoms with Gasteiger partial charge in [0, 0.05) is 18.2 Å². The number of benzene rings is 2. The fourth-order valence-corrected chi connectivity index (χ4v) is 5.30. The lowest BCUT2D eigenvalue weighted by atomic mass is 10.1. The molecule has 0 spiro atoms. The van der Waals surface area contributed by atoms with E-state index in [-0.39, 0.29) is 23.5 Å². The average molecular weight is 416 g/mol. The molecule has 0 unspecified atom stereocenters. The molecule has 6 heteroatoms. The van der Waals surface area contributed by atoms with E-state index < -0.39 is 9.84 Å². The van der Waals surface area contributed by atoms with Crippen LogP contribution in [0.25, 0.3) is 0 Å². The van der Waals surface area contributed by atoms with Gasteiger partial charge in [0.15, 0.2) is 9.84 Å². The third-order valence-electron chi connectivity index (χ3n) is 5.25. The zero-order valence-corrected chi connectivity index (χ0v) is 18.0. The van der Waals surface area contributed by atoms with Crippen molar-refractivity contribution in [2.45, 2.75) is 45.7 Å². The van der Waals surface area contributed by atoms with Gasteiger partial charge in [-0.2, -0.15) is 0 Å². The average Bonchev–Trinajstić information content (AvgIpc) is 3.10. The molecule has 1 amide bonds. The summed E-state index contributed by atoms with van der Waals surface area (Å²) in [5.74, 6) is 0.658. The van der Waals surface area contributed by atoms with Gasteiger partial charge in [0.2, 0.25) is 0 Å². The van der Waals surface area contributed by atoms with Crippen LogP contribution in [0.2, 0.25) is 0 Å². The lowest BCUT2D eigenvalue weighted by Crippen LogP contribution is -2.40. The Morgan fingerprint density at radius 3 is 2.45 bits per heavy atom. The zero-order valence-electron chi connectivity index (χ0n) is 17.1. The maximum Gasteiger partial charge on any atom is 0.254 e. The van der Waals surface area contributed by atoms with Crippen molar-refractivity contribution in [2.24, 2.45) is 0 Å². The molecule has 29 heavy (non-hydrogen) atoms. The smallest absolute Gasteiger partial charge is 0.254 e. The summed E-state index contributed by atoms with van der Waals surface area (Å²) in [5.41, 5.74) is 2.75. The van der Waals surface area contributed by atoms with Crippen LogP contribution in [-0.4, -0.2) is 43.4 Å². The van der Waals surface area contributed by atoms with Crippen LogP contribution in [0.5, 0.6) is 5.75 Å². The van der Waals surface area contributed by atoms with E-state index in [0.29, 0.717) is 30.9 Å². The number of ether oxygens (including phenoxy) is 1. The standard InChI is InChI=1S/C23H29NO4S/c1-3-13-28-22-7-5-6-20(15-22)23(25)24(21-12-14-29(26,27)17-21)16-19-10-8-18(4-2)9-11-19/h5-11,15,21H,3-4,12-14,16-17H2,1-2H3/t21-/m1/s1. The van der Waals surface area contributed by atoms with Crippen molar-refractivity contribution in [3.05, 3.63) is 65.2 Å². The van der Waals surface area contributed by atoms with Crippen LogP contribution in [0.15, 0.2) is 48.5 Å². The maximum absolute atomic E-state index is 13.4. The Labute approximate surface area is 173 Å². The van der Waals surface area contributed by atoms with Gasteiger partial charge in [-0.25, -0.2) is 8.42 Å². The molecule has 5 nitrogen and oxygen atoms in total. The molecule has 0 aromatic heterocycles. The van der Waals surface area contributed by atoms with Crippen molar-refractivity contribution in [2.75, 3.05) is 18.1 Å². The van der Waals surface area contributed by atoms with Crippen molar-refractivity contribution in [3.63, 3.8) is 0 Å². The molecule has 1 fully saturated rings. The first-order valence-corrected chi connectivity index (χ1v) is 12.1. The Hall–Kier alpha value is -2.34. The predicted molar refractivity (Wildman–Crippen MR) is 115 cm³/mol. The molecular formula is C23H29NO4S. The molecule has 1 heterocycles. The van der Waals surface area contributed by atoms with E-state index >= 15 is 0 Å². The number of amides is 1. The molecule has 3 rings (SSSR count). The number of carbonyl (C=O) groups excluding carboxylic acids is 1. The molecule has 0 saturated carbocycles. The summed E-state index contributed by atoms with van der Waals surface area (Å²) in [6, 6.07) is 15.0. The number of aryl methyl sites for hydroxylation is 1. The largest absolute Gasteiger partial charge is 0.494 e. The van der Waals surface area contributed by atoms with Crippen molar-refractivity contribution in [3.8, 4) is 5.75 Å². The van der Waals surface area contributed by atoms with E-state index in [9.17, 15) is 13.2 Å². The van der Waals surface area contributed by atoms with E-state index in [1.54, 1.807) is 23.1 Å². The normalized spacial score (nSPS) is 17.8. The van der Waals surface area contributed by atoms with Crippen molar-refractivity contribution in [1.29, 1.82) is 0 Å². The summed E-state index contributed by atoms with van der Waals surface area (Å²) in [7, 11) is -3.10. The minimum absolute atomic E-state index is 0.0256. The molecule has 1 saturated heterocycles. The molecule has 0 bridgehead atoms. The zero-order chi connectivity index (χ0) is 20.9. The third kappa shape index (κ3) is 5.60. The van der Waals surface area contributed by atoms with Gasteiger partial charge in [0.25, 0.3) is 5.91 Å². The minimum Gasteiger partial charge on any atom is -0.494 e. The third-order valence-corrected chi connectivity index (χ3v) is 7.00. The van der Waals surface area contributed by atoms with Gasteiger partial charge in [-0.1, -0.05) is 44.2 Å². The SMILES string of the molecule is CCCOc1cccc(C(=O)N(Cc2ccc(CC)cc2)[C@@H]2CCS(=O)(=O)C2)c1. The van der Waals surface area contributed by atoms with Gasteiger partial charge in [-0.05, 0) is 48.6 Å². The number of hydrogen-bond acceptors (Lipinski definition) is 4. The fourth-order valence-electron chi connectivity index (χ4n) is 3.57. The lowest BCUT2D eigenvalue weighted by molar-refractivity contribution is 0.0680. The number of hydrogen-bond donors (Lipinski definition) is 0. The van der Waals surface area contributed by atoms with Gasteiger partial charge in [0.1, 0.15) is 5.75 Å². The summed E-state index contributed by atoms with van der Waals surface area (Å²) in [5, 5.41) is 0. The van der Waals surface area contributed by atoms with E-state index in [4.69, 9.17) is 4.74 Å². The molecular weight excluding hydrogens is 386 g/mol. The van der Waals surface area contributed by atoms with Gasteiger partial charge in [-0.15, -0.1) is 0 Å². The molecule has 0 aliphatic carbocycles. The maximum atomic E-state index is 13.4. The highest BCUT2D eigenvalue weighted by molar-refractivity contribution is 7.91. The topological polar surface area (TPSA) is 63.7 Å². The molecule has 156 valence electrons. The Morgan fingerprint density at radius 2 is 1.83 bits per heavy atom. The van der Waals surface area contributed by atoms with E-state index in [2.05, 4.69) is 19.1 Å². The highest BCUT2D eigenvalue weighted by atomic mass is 32.2. The van der Waals surface area contributed by atoms with Crippen LogP contribution < -0.4 is 4.74 Å². The van der Waals surface area contributed by atoms with Gasteiger partial charge >= 0.3 is 0 Å². The molecule has 2 aromatic carbocycles. The van der Waals surface area contributed by atoms with Crippen molar-refractivity contribution in [1.82, 2.24) is 4.90 Å². The number of rotatable bonds is 8. The van der Waals surface area contributed by atoms with Crippen LogP contribution in [0.3, 0.4) is 0 Å². The second-order valence-corrected chi connectivity index (χ2v) is 9.76. The molecule has 1 atom stereocenters. The first-order valence-electron chi connectivity index (χ1n) is 10.2. The van der Waals surface area contributed by atoms with Crippen LogP contribution in [0, 0.1) is 0 Å². The van der Waals surface area contributed by atoms with Crippen LogP contribution in [0.4, 0.5) is 0 Å². The van der Waals surface area contributed by atoms with Crippen molar-refractivity contribution < 1.29 is 17.9 Å². The van der Waals surface area contributed by atoms with Gasteiger partial charge in [0.05, 0.1) is 18.1 Å². The first kappa shape index (κ1) is 21.4. The summed E-state index contributed by atoms with van der Waals surface area (Å²) in [6.45, 7) is 5.11. The molecule has 1 aliphatic rings. The van der Waals surface area contributed by atoms with E-state index in [1.165, 1.54) is 5.56 Å². The van der Waals surface area contributed by atoms with Crippen molar-refractivity contribution >= 4 is 15.7 Å². The van der Waals surface area contributed by atoms with Gasteiger partial charge in [-0.3, -0.25) is 4.79 Å². The first-order chi connectivity index (χ1) is 13.9. The Balaban J connectivity index is 1.86.